The number of anilines is 1. The van der Waals surface area contributed by atoms with Crippen LogP contribution in [0.25, 0.3) is 0 Å². The van der Waals surface area contributed by atoms with Gasteiger partial charge < -0.3 is 16.4 Å². The van der Waals surface area contributed by atoms with Crippen molar-refractivity contribution in [2.75, 3.05) is 18.4 Å². The molecule has 0 radical (unpaired) electrons. The summed E-state index contributed by atoms with van der Waals surface area (Å²) in [5, 5.41) is 5.53. The molecule has 0 unspecified atom stereocenters. The lowest BCUT2D eigenvalue weighted by Crippen LogP contribution is -2.30. The number of carbonyl (C=O) groups is 2. The molecule has 25 heavy (non-hydrogen) atoms. The average Bonchev–Trinajstić information content (AvgIpc) is 2.58. The number of nitrogens with one attached hydrogen (secondary N) is 2. The van der Waals surface area contributed by atoms with Crippen LogP contribution in [0.15, 0.2) is 48.5 Å². The maximum atomic E-state index is 12.2. The number of rotatable bonds is 7. The van der Waals surface area contributed by atoms with Crippen LogP contribution in [-0.4, -0.2) is 24.9 Å². The van der Waals surface area contributed by atoms with Crippen molar-refractivity contribution in [3.05, 3.63) is 65.2 Å². The Hall–Kier alpha value is -2.37. The molecule has 0 aliphatic carbocycles. The maximum absolute atomic E-state index is 12.2. The lowest BCUT2D eigenvalue weighted by atomic mass is 10.1. The van der Waals surface area contributed by atoms with Gasteiger partial charge in [-0.05, 0) is 31.0 Å². The van der Waals surface area contributed by atoms with Gasteiger partial charge in [0.2, 0.25) is 5.91 Å². The molecule has 134 valence electrons. The van der Waals surface area contributed by atoms with Gasteiger partial charge in [0.1, 0.15) is 0 Å². The van der Waals surface area contributed by atoms with E-state index in [0.717, 1.165) is 5.56 Å². The molecule has 2 aromatic carbocycles. The second-order valence-electron chi connectivity index (χ2n) is 5.63. The van der Waals surface area contributed by atoms with Crippen molar-refractivity contribution >= 4 is 29.9 Å². The highest BCUT2D eigenvalue weighted by atomic mass is 35.5. The second-order valence-corrected chi connectivity index (χ2v) is 5.63. The highest BCUT2D eigenvalue weighted by molar-refractivity contribution is 6.03. The number of para-hydroxylation sites is 1. The fourth-order valence-electron chi connectivity index (χ4n) is 2.41. The number of benzene rings is 2. The fraction of sp³-hybridized carbons (Fsp3) is 0.263. The van der Waals surface area contributed by atoms with Gasteiger partial charge in [-0.15, -0.1) is 12.4 Å². The van der Waals surface area contributed by atoms with E-state index in [0.29, 0.717) is 37.2 Å². The standard InChI is InChI=1S/C19H23N3O2.ClH/c1-14-5-4-6-15(13-14)9-10-18(23)22-17-8-3-2-7-16(17)19(24)21-12-11-20;/h2-8,13H,9-12,20H2,1H3,(H,21,24)(H,22,23);1H. The number of hydrogen-bond donors (Lipinski definition) is 3. The normalized spacial score (nSPS) is 9.84. The Labute approximate surface area is 154 Å². The third-order valence-corrected chi connectivity index (χ3v) is 3.60. The molecule has 0 fully saturated rings. The summed E-state index contributed by atoms with van der Waals surface area (Å²) in [6, 6.07) is 15.1. The van der Waals surface area contributed by atoms with E-state index in [2.05, 4.69) is 16.7 Å². The molecule has 0 atom stereocenters. The highest BCUT2D eigenvalue weighted by Crippen LogP contribution is 2.16. The Morgan fingerprint density at radius 1 is 1.08 bits per heavy atom. The minimum atomic E-state index is -0.241. The molecule has 0 saturated heterocycles. The summed E-state index contributed by atoms with van der Waals surface area (Å²) in [4.78, 5) is 24.3. The first-order valence-corrected chi connectivity index (χ1v) is 8.03. The van der Waals surface area contributed by atoms with Crippen molar-refractivity contribution in [3.63, 3.8) is 0 Å². The van der Waals surface area contributed by atoms with Gasteiger partial charge in [0, 0.05) is 19.5 Å². The Kier molecular flexibility index (Phi) is 8.67. The Bertz CT molecular complexity index is 719. The first-order chi connectivity index (χ1) is 11.6. The molecular formula is C19H24ClN3O2. The maximum Gasteiger partial charge on any atom is 0.253 e. The van der Waals surface area contributed by atoms with E-state index < -0.39 is 0 Å². The van der Waals surface area contributed by atoms with Gasteiger partial charge in [-0.25, -0.2) is 0 Å². The first kappa shape index (κ1) is 20.7. The van der Waals surface area contributed by atoms with Gasteiger partial charge >= 0.3 is 0 Å². The third-order valence-electron chi connectivity index (χ3n) is 3.60. The molecule has 2 aromatic rings. The van der Waals surface area contributed by atoms with Crippen molar-refractivity contribution in [1.82, 2.24) is 5.32 Å². The highest BCUT2D eigenvalue weighted by Gasteiger charge is 2.12. The molecule has 0 bridgehead atoms. The monoisotopic (exact) mass is 361 g/mol. The number of aryl methyl sites for hydroxylation is 2. The zero-order chi connectivity index (χ0) is 17.4. The van der Waals surface area contributed by atoms with Crippen LogP contribution in [0.2, 0.25) is 0 Å². The summed E-state index contributed by atoms with van der Waals surface area (Å²) >= 11 is 0. The summed E-state index contributed by atoms with van der Waals surface area (Å²) in [6.07, 6.45) is 1.03. The Morgan fingerprint density at radius 3 is 2.56 bits per heavy atom. The molecule has 6 heteroatoms. The van der Waals surface area contributed by atoms with Gasteiger partial charge in [-0.3, -0.25) is 9.59 Å². The van der Waals surface area contributed by atoms with E-state index >= 15 is 0 Å². The lowest BCUT2D eigenvalue weighted by Gasteiger charge is -2.11. The van der Waals surface area contributed by atoms with E-state index in [1.165, 1.54) is 5.56 Å². The Balaban J connectivity index is 0.00000312. The van der Waals surface area contributed by atoms with Gasteiger partial charge in [-0.1, -0.05) is 42.0 Å². The van der Waals surface area contributed by atoms with Crippen molar-refractivity contribution in [3.8, 4) is 0 Å². The minimum absolute atomic E-state index is 0. The molecule has 5 nitrogen and oxygen atoms in total. The van der Waals surface area contributed by atoms with Crippen molar-refractivity contribution in [2.45, 2.75) is 19.8 Å². The van der Waals surface area contributed by atoms with Gasteiger partial charge in [-0.2, -0.15) is 0 Å². The summed E-state index contributed by atoms with van der Waals surface area (Å²) in [5.74, 6) is -0.356. The van der Waals surface area contributed by atoms with Crippen molar-refractivity contribution in [1.29, 1.82) is 0 Å². The largest absolute Gasteiger partial charge is 0.351 e. The van der Waals surface area contributed by atoms with E-state index in [1.807, 2.05) is 25.1 Å². The van der Waals surface area contributed by atoms with Crippen LogP contribution in [0.1, 0.15) is 27.9 Å². The van der Waals surface area contributed by atoms with E-state index in [1.54, 1.807) is 24.3 Å². The van der Waals surface area contributed by atoms with E-state index in [9.17, 15) is 9.59 Å². The predicted molar refractivity (Wildman–Crippen MR) is 103 cm³/mol. The molecule has 4 N–H and O–H groups in total. The fourth-order valence-corrected chi connectivity index (χ4v) is 2.41. The number of carbonyl (C=O) groups excluding carboxylic acids is 2. The minimum Gasteiger partial charge on any atom is -0.351 e. The first-order valence-electron chi connectivity index (χ1n) is 8.03. The molecular weight excluding hydrogens is 338 g/mol. The van der Waals surface area contributed by atoms with Gasteiger partial charge in [0.15, 0.2) is 0 Å². The summed E-state index contributed by atoms with van der Waals surface area (Å²) in [5.41, 5.74) is 8.65. The topological polar surface area (TPSA) is 84.2 Å². The summed E-state index contributed by atoms with van der Waals surface area (Å²) in [7, 11) is 0. The quantitative estimate of drug-likeness (QED) is 0.708. The second kappa shape index (κ2) is 10.5. The Morgan fingerprint density at radius 2 is 1.84 bits per heavy atom. The van der Waals surface area contributed by atoms with Crippen LogP contribution in [-0.2, 0) is 11.2 Å². The van der Waals surface area contributed by atoms with Crippen LogP contribution in [0, 0.1) is 6.92 Å². The van der Waals surface area contributed by atoms with E-state index in [4.69, 9.17) is 5.73 Å². The van der Waals surface area contributed by atoms with Gasteiger partial charge in [0.25, 0.3) is 5.91 Å². The molecule has 0 saturated carbocycles. The van der Waals surface area contributed by atoms with Crippen LogP contribution in [0.4, 0.5) is 5.69 Å². The van der Waals surface area contributed by atoms with Gasteiger partial charge in [0.05, 0.1) is 11.3 Å². The molecule has 0 spiro atoms. The lowest BCUT2D eigenvalue weighted by molar-refractivity contribution is -0.116. The van der Waals surface area contributed by atoms with Crippen LogP contribution in [0.5, 0.6) is 0 Å². The number of hydrogen-bond acceptors (Lipinski definition) is 3. The van der Waals surface area contributed by atoms with Crippen LogP contribution < -0.4 is 16.4 Å². The number of nitrogens with two attached hydrogens (primary N) is 1. The summed E-state index contributed by atoms with van der Waals surface area (Å²) in [6.45, 7) is 2.80. The number of amides is 2. The molecule has 0 heterocycles. The SMILES string of the molecule is Cc1cccc(CCC(=O)Nc2ccccc2C(=O)NCCN)c1.Cl. The van der Waals surface area contributed by atoms with Crippen LogP contribution >= 0.6 is 12.4 Å². The van der Waals surface area contributed by atoms with Crippen LogP contribution in [0.3, 0.4) is 0 Å². The number of halogens is 1. The van der Waals surface area contributed by atoms with Crippen molar-refractivity contribution < 1.29 is 9.59 Å². The third kappa shape index (κ3) is 6.57. The predicted octanol–water partition coefficient (Wildman–Crippen LogP) is 2.68. The van der Waals surface area contributed by atoms with E-state index in [-0.39, 0.29) is 24.2 Å². The average molecular weight is 362 g/mol. The molecule has 0 aromatic heterocycles. The van der Waals surface area contributed by atoms with Crippen molar-refractivity contribution in [2.24, 2.45) is 5.73 Å². The zero-order valence-electron chi connectivity index (χ0n) is 14.2. The molecule has 2 amide bonds. The zero-order valence-corrected chi connectivity index (χ0v) is 15.1. The smallest absolute Gasteiger partial charge is 0.253 e. The molecule has 0 aliphatic heterocycles. The summed E-state index contributed by atoms with van der Waals surface area (Å²) < 4.78 is 0. The molecule has 2 rings (SSSR count). The molecule has 0 aliphatic rings.